The minimum absolute atomic E-state index is 0.382. The second-order valence-electron chi connectivity index (χ2n) is 3.30. The Kier molecular flexibility index (Phi) is 2.50. The zero-order chi connectivity index (χ0) is 7.56. The quantitative estimate of drug-likeness (QED) is 0.534. The predicted octanol–water partition coefficient (Wildman–Crippen LogP) is 2.23. The van der Waals surface area contributed by atoms with Gasteiger partial charge in [-0.3, -0.25) is 0 Å². The van der Waals surface area contributed by atoms with Gasteiger partial charge >= 0.3 is 0 Å². The first kappa shape index (κ1) is 7.80. The van der Waals surface area contributed by atoms with Gasteiger partial charge in [-0.25, -0.2) is 0 Å². The van der Waals surface area contributed by atoms with E-state index in [0.29, 0.717) is 6.10 Å². The van der Waals surface area contributed by atoms with E-state index in [4.69, 9.17) is 4.74 Å². The Hall–Kier alpha value is -0.300. The van der Waals surface area contributed by atoms with E-state index in [2.05, 4.69) is 26.0 Å². The average Bonchev–Trinajstić information content (AvgIpc) is 2.34. The van der Waals surface area contributed by atoms with Crippen LogP contribution < -0.4 is 0 Å². The third-order valence-electron chi connectivity index (χ3n) is 2.24. The highest BCUT2D eigenvalue weighted by atomic mass is 16.5. The minimum Gasteiger partial charge on any atom is -0.377 e. The van der Waals surface area contributed by atoms with E-state index in [-0.39, 0.29) is 0 Å². The largest absolute Gasteiger partial charge is 0.377 e. The molecule has 0 aliphatic heterocycles. The van der Waals surface area contributed by atoms with Crippen LogP contribution in [0.3, 0.4) is 0 Å². The van der Waals surface area contributed by atoms with Crippen molar-refractivity contribution < 1.29 is 4.74 Å². The van der Waals surface area contributed by atoms with Crippen molar-refractivity contribution in [3.05, 3.63) is 12.2 Å². The number of methoxy groups -OCH3 is 1. The lowest BCUT2D eigenvalue weighted by molar-refractivity contribution is 0.128. The molecule has 0 heterocycles. The maximum atomic E-state index is 5.20. The maximum absolute atomic E-state index is 5.20. The summed E-state index contributed by atoms with van der Waals surface area (Å²) in [6, 6.07) is 0. The van der Waals surface area contributed by atoms with Crippen molar-refractivity contribution in [3.63, 3.8) is 0 Å². The van der Waals surface area contributed by atoms with E-state index in [1.165, 1.54) is 6.42 Å². The number of ether oxygens (including phenoxy) is 1. The Labute approximate surface area is 63.1 Å². The molecule has 0 saturated carbocycles. The van der Waals surface area contributed by atoms with Crippen molar-refractivity contribution >= 4 is 0 Å². The summed E-state index contributed by atoms with van der Waals surface area (Å²) in [7, 11) is 1.78. The van der Waals surface area contributed by atoms with Crippen LogP contribution in [0.25, 0.3) is 0 Å². The molecule has 1 nitrogen and oxygen atoms in total. The van der Waals surface area contributed by atoms with Gasteiger partial charge in [0.15, 0.2) is 0 Å². The van der Waals surface area contributed by atoms with Gasteiger partial charge in [0.05, 0.1) is 6.10 Å². The Balaban J connectivity index is 2.37. The van der Waals surface area contributed by atoms with Crippen LogP contribution in [0.4, 0.5) is 0 Å². The Morgan fingerprint density at radius 1 is 1.40 bits per heavy atom. The molecule has 1 aliphatic rings. The van der Waals surface area contributed by atoms with Gasteiger partial charge in [0.1, 0.15) is 0 Å². The zero-order valence-electron chi connectivity index (χ0n) is 7.00. The molecule has 0 aromatic heterocycles. The van der Waals surface area contributed by atoms with Crippen molar-refractivity contribution in [3.8, 4) is 0 Å². The highest BCUT2D eigenvalue weighted by molar-refractivity contribution is 5.03. The summed E-state index contributed by atoms with van der Waals surface area (Å²) >= 11 is 0. The summed E-state index contributed by atoms with van der Waals surface area (Å²) in [4.78, 5) is 0. The van der Waals surface area contributed by atoms with Crippen LogP contribution in [0.1, 0.15) is 20.3 Å². The van der Waals surface area contributed by atoms with Gasteiger partial charge < -0.3 is 4.74 Å². The smallest absolute Gasteiger partial charge is 0.0757 e. The molecule has 0 fully saturated rings. The fourth-order valence-corrected chi connectivity index (χ4v) is 1.36. The molecule has 0 bridgehead atoms. The average molecular weight is 140 g/mol. The minimum atomic E-state index is 0.382. The van der Waals surface area contributed by atoms with Crippen LogP contribution in [-0.4, -0.2) is 13.2 Å². The van der Waals surface area contributed by atoms with E-state index in [0.717, 1.165) is 11.8 Å². The standard InChI is InChI=1S/C9H16O/c1-7(2)8-4-5-9(6-8)10-3/h4-5,7-9H,6H2,1-3H3. The van der Waals surface area contributed by atoms with Crippen LogP contribution in [-0.2, 0) is 4.74 Å². The SMILES string of the molecule is COC1C=CC(C(C)C)C1. The molecule has 0 spiro atoms. The van der Waals surface area contributed by atoms with Crippen molar-refractivity contribution in [1.29, 1.82) is 0 Å². The molecule has 0 saturated heterocycles. The molecule has 2 unspecified atom stereocenters. The molecule has 2 atom stereocenters. The fourth-order valence-electron chi connectivity index (χ4n) is 1.36. The molecular weight excluding hydrogens is 124 g/mol. The summed E-state index contributed by atoms with van der Waals surface area (Å²) in [6.45, 7) is 4.51. The first-order valence-electron chi connectivity index (χ1n) is 3.95. The van der Waals surface area contributed by atoms with Gasteiger partial charge in [0.25, 0.3) is 0 Å². The fraction of sp³-hybridized carbons (Fsp3) is 0.778. The van der Waals surface area contributed by atoms with Crippen LogP contribution >= 0.6 is 0 Å². The molecule has 0 aromatic rings. The summed E-state index contributed by atoms with van der Waals surface area (Å²) in [5, 5.41) is 0. The lowest BCUT2D eigenvalue weighted by Crippen LogP contribution is -2.09. The lowest BCUT2D eigenvalue weighted by atomic mass is 9.95. The van der Waals surface area contributed by atoms with E-state index in [9.17, 15) is 0 Å². The molecule has 58 valence electrons. The number of allylic oxidation sites excluding steroid dienone is 1. The van der Waals surface area contributed by atoms with Crippen molar-refractivity contribution in [2.75, 3.05) is 7.11 Å². The topological polar surface area (TPSA) is 9.23 Å². The van der Waals surface area contributed by atoms with Crippen molar-refractivity contribution in [2.24, 2.45) is 11.8 Å². The van der Waals surface area contributed by atoms with Gasteiger partial charge in [-0.05, 0) is 18.3 Å². The molecule has 10 heavy (non-hydrogen) atoms. The Bertz CT molecular complexity index is 127. The van der Waals surface area contributed by atoms with Gasteiger partial charge in [-0.15, -0.1) is 0 Å². The second kappa shape index (κ2) is 3.20. The normalized spacial score (nSPS) is 32.0. The lowest BCUT2D eigenvalue weighted by Gasteiger charge is -2.13. The highest BCUT2D eigenvalue weighted by Crippen LogP contribution is 2.26. The first-order valence-corrected chi connectivity index (χ1v) is 3.95. The Morgan fingerprint density at radius 3 is 2.40 bits per heavy atom. The zero-order valence-corrected chi connectivity index (χ0v) is 7.00. The Morgan fingerprint density at radius 2 is 2.10 bits per heavy atom. The van der Waals surface area contributed by atoms with E-state index < -0.39 is 0 Å². The van der Waals surface area contributed by atoms with E-state index in [1.807, 2.05) is 0 Å². The monoisotopic (exact) mass is 140 g/mol. The molecule has 0 aromatic carbocycles. The van der Waals surface area contributed by atoms with Crippen molar-refractivity contribution in [2.45, 2.75) is 26.4 Å². The van der Waals surface area contributed by atoms with Crippen LogP contribution in [0, 0.1) is 11.8 Å². The second-order valence-corrected chi connectivity index (χ2v) is 3.30. The third-order valence-corrected chi connectivity index (χ3v) is 2.24. The van der Waals surface area contributed by atoms with Gasteiger partial charge in [0.2, 0.25) is 0 Å². The van der Waals surface area contributed by atoms with E-state index in [1.54, 1.807) is 7.11 Å². The molecule has 1 rings (SSSR count). The molecule has 0 N–H and O–H groups in total. The highest BCUT2D eigenvalue weighted by Gasteiger charge is 2.20. The van der Waals surface area contributed by atoms with Gasteiger partial charge in [-0.2, -0.15) is 0 Å². The first-order chi connectivity index (χ1) is 4.74. The van der Waals surface area contributed by atoms with Crippen LogP contribution in [0.5, 0.6) is 0 Å². The summed E-state index contributed by atoms with van der Waals surface area (Å²) in [6.07, 6.45) is 6.00. The van der Waals surface area contributed by atoms with Crippen LogP contribution in [0.2, 0.25) is 0 Å². The van der Waals surface area contributed by atoms with Crippen LogP contribution in [0.15, 0.2) is 12.2 Å². The van der Waals surface area contributed by atoms with Gasteiger partial charge in [0, 0.05) is 7.11 Å². The summed E-state index contributed by atoms with van der Waals surface area (Å²) < 4.78 is 5.20. The third kappa shape index (κ3) is 1.60. The molecular formula is C9H16O. The molecule has 1 aliphatic carbocycles. The van der Waals surface area contributed by atoms with E-state index >= 15 is 0 Å². The summed E-state index contributed by atoms with van der Waals surface area (Å²) in [5.41, 5.74) is 0. The molecule has 1 heteroatoms. The summed E-state index contributed by atoms with van der Waals surface area (Å²) in [5.74, 6) is 1.50. The number of rotatable bonds is 2. The van der Waals surface area contributed by atoms with Gasteiger partial charge in [-0.1, -0.05) is 26.0 Å². The number of hydrogen-bond acceptors (Lipinski definition) is 1. The number of hydrogen-bond donors (Lipinski definition) is 0. The van der Waals surface area contributed by atoms with Crippen molar-refractivity contribution in [1.82, 2.24) is 0 Å². The molecule has 0 amide bonds. The molecule has 0 radical (unpaired) electrons. The maximum Gasteiger partial charge on any atom is 0.0757 e. The predicted molar refractivity (Wildman–Crippen MR) is 42.9 cm³/mol.